The van der Waals surface area contributed by atoms with Gasteiger partial charge in [-0.1, -0.05) is 18.2 Å². The molecule has 1 aromatic carbocycles. The summed E-state index contributed by atoms with van der Waals surface area (Å²) in [5, 5.41) is 0. The van der Waals surface area contributed by atoms with E-state index in [4.69, 9.17) is 4.74 Å². The molecule has 1 aliphatic heterocycles. The molecule has 2 aromatic rings. The zero-order valence-corrected chi connectivity index (χ0v) is 16.7. The molecule has 2 heterocycles. The summed E-state index contributed by atoms with van der Waals surface area (Å²) in [5.41, 5.74) is 3.06. The van der Waals surface area contributed by atoms with E-state index < -0.39 is 5.92 Å². The van der Waals surface area contributed by atoms with Crippen LogP contribution in [0.4, 0.5) is 18.9 Å². The van der Waals surface area contributed by atoms with Crippen molar-refractivity contribution in [2.45, 2.75) is 56.5 Å². The molecule has 29 heavy (non-hydrogen) atoms. The van der Waals surface area contributed by atoms with Crippen LogP contribution >= 0.6 is 0 Å². The smallest absolute Gasteiger partial charge is 0.248 e. The van der Waals surface area contributed by atoms with Crippen LogP contribution in [0.2, 0.25) is 0 Å². The van der Waals surface area contributed by atoms with Gasteiger partial charge in [-0.05, 0) is 37.8 Å². The lowest BCUT2D eigenvalue weighted by Crippen LogP contribution is -2.38. The average molecular weight is 404 g/mol. The largest absolute Gasteiger partial charge is 0.381 e. The third-order valence-corrected chi connectivity index (χ3v) is 6.31. The Bertz CT molecular complexity index is 840. The second kappa shape index (κ2) is 8.34. The molecule has 4 rings (SSSR count). The van der Waals surface area contributed by atoms with Gasteiger partial charge in [-0.2, -0.15) is 0 Å². The van der Waals surface area contributed by atoms with Crippen LogP contribution in [-0.2, 0) is 4.74 Å². The minimum absolute atomic E-state index is 0.0310. The first-order valence-corrected chi connectivity index (χ1v) is 10.4. The van der Waals surface area contributed by atoms with Gasteiger partial charge in [-0.25, -0.2) is 13.2 Å². The summed E-state index contributed by atoms with van der Waals surface area (Å²) >= 11 is 0. The van der Waals surface area contributed by atoms with Gasteiger partial charge in [0.05, 0.1) is 17.5 Å². The van der Waals surface area contributed by atoms with Crippen LogP contribution in [0.25, 0.3) is 11.1 Å². The Morgan fingerprint density at radius 2 is 1.69 bits per heavy atom. The number of ether oxygens (including phenoxy) is 1. The van der Waals surface area contributed by atoms with E-state index in [2.05, 4.69) is 9.88 Å². The number of methoxy groups -OCH3 is 1. The molecule has 0 N–H and O–H groups in total. The van der Waals surface area contributed by atoms with Gasteiger partial charge in [0.25, 0.3) is 0 Å². The van der Waals surface area contributed by atoms with Crippen molar-refractivity contribution in [2.75, 3.05) is 25.1 Å². The summed E-state index contributed by atoms with van der Waals surface area (Å²) in [5.74, 6) is -2.90. The third kappa shape index (κ3) is 4.27. The van der Waals surface area contributed by atoms with Crippen LogP contribution in [0.15, 0.2) is 36.5 Å². The molecular weight excluding hydrogens is 377 g/mol. The van der Waals surface area contributed by atoms with Crippen LogP contribution in [0.5, 0.6) is 0 Å². The number of alkyl halides is 2. The van der Waals surface area contributed by atoms with E-state index in [0.29, 0.717) is 18.4 Å². The molecule has 2 aliphatic rings. The Morgan fingerprint density at radius 1 is 1.00 bits per heavy atom. The van der Waals surface area contributed by atoms with Gasteiger partial charge in [0.1, 0.15) is 5.82 Å². The molecule has 0 spiro atoms. The van der Waals surface area contributed by atoms with Gasteiger partial charge in [-0.15, -0.1) is 0 Å². The van der Waals surface area contributed by atoms with Gasteiger partial charge in [0.15, 0.2) is 0 Å². The Labute approximate surface area is 169 Å². The fourth-order valence-corrected chi connectivity index (χ4v) is 4.63. The lowest BCUT2D eigenvalue weighted by molar-refractivity contribution is -0.0384. The normalized spacial score (nSPS) is 20.8. The molecule has 156 valence electrons. The maximum absolute atomic E-state index is 14.7. The summed E-state index contributed by atoms with van der Waals surface area (Å²) in [7, 11) is 1.73. The molecule has 2 fully saturated rings. The number of rotatable bonds is 4. The Morgan fingerprint density at radius 3 is 2.34 bits per heavy atom. The summed E-state index contributed by atoms with van der Waals surface area (Å²) in [6.45, 7) is 1.56. The Hall–Kier alpha value is -2.08. The number of benzene rings is 1. The van der Waals surface area contributed by atoms with Crippen LogP contribution in [-0.4, -0.2) is 37.2 Å². The topological polar surface area (TPSA) is 25.4 Å². The van der Waals surface area contributed by atoms with Crippen LogP contribution in [0.1, 0.15) is 50.1 Å². The molecule has 0 amide bonds. The van der Waals surface area contributed by atoms with E-state index >= 15 is 0 Å². The zero-order chi connectivity index (χ0) is 20.4. The third-order valence-electron chi connectivity index (χ3n) is 6.31. The highest BCUT2D eigenvalue weighted by atomic mass is 19.3. The second-order valence-electron chi connectivity index (χ2n) is 8.12. The van der Waals surface area contributed by atoms with E-state index in [-0.39, 0.29) is 30.7 Å². The van der Waals surface area contributed by atoms with E-state index in [0.717, 1.165) is 42.9 Å². The highest BCUT2D eigenvalue weighted by Crippen LogP contribution is 2.45. The SMILES string of the molecule is COC1CCN(c2c(-c3ccccc3F)ccnc2C2CCC(F)(F)CC2)CC1. The number of hydrogen-bond acceptors (Lipinski definition) is 3. The lowest BCUT2D eigenvalue weighted by atomic mass is 9.82. The minimum Gasteiger partial charge on any atom is -0.381 e. The van der Waals surface area contributed by atoms with Crippen molar-refractivity contribution < 1.29 is 17.9 Å². The quantitative estimate of drug-likeness (QED) is 0.644. The maximum atomic E-state index is 14.7. The lowest BCUT2D eigenvalue weighted by Gasteiger charge is -2.37. The van der Waals surface area contributed by atoms with Gasteiger partial charge in [0.2, 0.25) is 5.92 Å². The summed E-state index contributed by atoms with van der Waals surface area (Å²) in [6, 6.07) is 8.57. The summed E-state index contributed by atoms with van der Waals surface area (Å²) in [4.78, 5) is 6.88. The van der Waals surface area contributed by atoms with Crippen LogP contribution < -0.4 is 4.90 Å². The van der Waals surface area contributed by atoms with Crippen molar-refractivity contribution in [3.63, 3.8) is 0 Å². The van der Waals surface area contributed by atoms with Crippen LogP contribution in [0.3, 0.4) is 0 Å². The number of aromatic nitrogens is 1. The van der Waals surface area contributed by atoms with Crippen LogP contribution in [0, 0.1) is 5.82 Å². The molecular formula is C23H27F3N2O. The molecule has 0 bridgehead atoms. The van der Waals surface area contributed by atoms with Crippen molar-refractivity contribution >= 4 is 5.69 Å². The average Bonchev–Trinajstić information content (AvgIpc) is 2.74. The van der Waals surface area contributed by atoms with E-state index in [9.17, 15) is 13.2 Å². The fourth-order valence-electron chi connectivity index (χ4n) is 4.63. The van der Waals surface area contributed by atoms with Gasteiger partial charge < -0.3 is 9.64 Å². The van der Waals surface area contributed by atoms with Crippen molar-refractivity contribution in [3.05, 3.63) is 48.0 Å². The van der Waals surface area contributed by atoms with Gasteiger partial charge >= 0.3 is 0 Å². The van der Waals surface area contributed by atoms with Gasteiger partial charge in [-0.3, -0.25) is 4.98 Å². The molecule has 1 aliphatic carbocycles. The van der Waals surface area contributed by atoms with Crippen molar-refractivity contribution in [2.24, 2.45) is 0 Å². The van der Waals surface area contributed by atoms with Gasteiger partial charge in [0, 0.05) is 56.3 Å². The zero-order valence-electron chi connectivity index (χ0n) is 16.7. The van der Waals surface area contributed by atoms with Crippen molar-refractivity contribution in [1.82, 2.24) is 4.98 Å². The fraction of sp³-hybridized carbons (Fsp3) is 0.522. The number of nitrogens with zero attached hydrogens (tertiary/aromatic N) is 2. The number of halogens is 3. The summed E-state index contributed by atoms with van der Waals surface area (Å²) < 4.78 is 47.6. The Balaban J connectivity index is 1.75. The van der Waals surface area contributed by atoms with Crippen molar-refractivity contribution in [3.8, 4) is 11.1 Å². The monoisotopic (exact) mass is 404 g/mol. The minimum atomic E-state index is -2.59. The molecule has 1 aromatic heterocycles. The second-order valence-corrected chi connectivity index (χ2v) is 8.12. The van der Waals surface area contributed by atoms with E-state index in [1.54, 1.807) is 25.4 Å². The molecule has 0 atom stereocenters. The Kier molecular flexibility index (Phi) is 5.81. The van der Waals surface area contributed by atoms with E-state index in [1.165, 1.54) is 6.07 Å². The van der Waals surface area contributed by atoms with Crippen molar-refractivity contribution in [1.29, 1.82) is 0 Å². The molecule has 1 saturated heterocycles. The highest BCUT2D eigenvalue weighted by Gasteiger charge is 2.37. The molecule has 1 saturated carbocycles. The first-order valence-electron chi connectivity index (χ1n) is 10.4. The first kappa shape index (κ1) is 20.2. The maximum Gasteiger partial charge on any atom is 0.248 e. The number of anilines is 1. The predicted molar refractivity (Wildman–Crippen MR) is 108 cm³/mol. The number of hydrogen-bond donors (Lipinski definition) is 0. The standard InChI is InChI=1S/C23H27F3N2O/c1-29-17-9-14-28(15-10-17)22-19(18-4-2-3-5-20(18)24)8-13-27-21(22)16-6-11-23(25,26)12-7-16/h2-5,8,13,16-17H,6-7,9-12,14-15H2,1H3. The highest BCUT2D eigenvalue weighted by molar-refractivity contribution is 5.81. The van der Waals surface area contributed by atoms with E-state index in [1.807, 2.05) is 12.1 Å². The predicted octanol–water partition coefficient (Wildman–Crippen LogP) is 5.80. The summed E-state index contributed by atoms with van der Waals surface area (Å²) in [6.07, 6.45) is 4.24. The molecule has 0 radical (unpaired) electrons. The number of piperidine rings is 1. The first-order chi connectivity index (χ1) is 14.0. The molecule has 6 heteroatoms. The molecule has 3 nitrogen and oxygen atoms in total. The molecule has 0 unspecified atom stereocenters. The number of pyridine rings is 1.